The van der Waals surface area contributed by atoms with Crippen LogP contribution in [0, 0.1) is 5.41 Å². The Morgan fingerprint density at radius 3 is 2.37 bits per heavy atom. The molecule has 6 N–H and O–H groups in total. The van der Waals surface area contributed by atoms with Crippen molar-refractivity contribution in [1.29, 1.82) is 5.41 Å². The number of nitrogens with one attached hydrogen (secondary N) is 3. The van der Waals surface area contributed by atoms with Gasteiger partial charge in [0.05, 0.1) is 53.1 Å². The first-order valence-electron chi connectivity index (χ1n) is 10.8. The number of halogens is 2. The van der Waals surface area contributed by atoms with Gasteiger partial charge in [-0.1, -0.05) is 41.4 Å². The van der Waals surface area contributed by atoms with Crippen molar-refractivity contribution in [3.05, 3.63) is 99.9 Å². The molecular weight excluding hydrogens is 487 g/mol. The Bertz CT molecular complexity index is 1410. The van der Waals surface area contributed by atoms with Crippen molar-refractivity contribution in [3.8, 4) is 5.75 Å². The predicted octanol–water partition coefficient (Wildman–Crippen LogP) is 4.39. The van der Waals surface area contributed by atoms with E-state index in [-0.39, 0.29) is 12.2 Å². The summed E-state index contributed by atoms with van der Waals surface area (Å²) in [5.41, 5.74) is 6.72. The number of nitrogens with two attached hydrogens (primary N) is 1. The molecule has 10 heteroatoms. The third kappa shape index (κ3) is 5.47. The number of rotatable bonds is 9. The highest BCUT2D eigenvalue weighted by Crippen LogP contribution is 2.27. The third-order valence-corrected chi connectivity index (χ3v) is 6.41. The number of aliphatic hydroxyl groups is 1. The maximum Gasteiger partial charge on any atom is 0.203 e. The largest absolute Gasteiger partial charge is 0.497 e. The maximum atomic E-state index is 10.9. The van der Waals surface area contributed by atoms with Crippen LogP contribution in [0.3, 0.4) is 0 Å². The summed E-state index contributed by atoms with van der Waals surface area (Å²) < 4.78 is 8.76. The lowest BCUT2D eigenvalue weighted by Crippen LogP contribution is -2.31. The average Bonchev–Trinajstić information content (AvgIpc) is 3.14. The average molecular weight is 513 g/mol. The smallest absolute Gasteiger partial charge is 0.203 e. The summed E-state index contributed by atoms with van der Waals surface area (Å²) in [5, 5.41) is 23.7. The zero-order valence-electron chi connectivity index (χ0n) is 19.0. The van der Waals surface area contributed by atoms with Gasteiger partial charge in [-0.3, -0.25) is 11.3 Å². The van der Waals surface area contributed by atoms with Gasteiger partial charge >= 0.3 is 0 Å². The number of allylic oxidation sites excluding steroid dienone is 1. The minimum atomic E-state index is -0.877. The normalized spacial score (nSPS) is 12.5. The van der Waals surface area contributed by atoms with Crippen LogP contribution in [0.2, 0.25) is 10.0 Å². The molecule has 0 radical (unpaired) electrons. The first-order chi connectivity index (χ1) is 16.9. The molecular formula is C25H26Cl2N6O2. The van der Waals surface area contributed by atoms with Crippen molar-refractivity contribution in [2.45, 2.75) is 19.2 Å². The second-order valence-corrected chi connectivity index (χ2v) is 8.70. The molecule has 35 heavy (non-hydrogen) atoms. The van der Waals surface area contributed by atoms with Crippen LogP contribution in [0.4, 0.5) is 5.69 Å². The lowest BCUT2D eigenvalue weighted by atomic mass is 10.1. The van der Waals surface area contributed by atoms with Crippen LogP contribution in [0.1, 0.15) is 11.7 Å². The highest BCUT2D eigenvalue weighted by atomic mass is 35.5. The summed E-state index contributed by atoms with van der Waals surface area (Å²) in [7, 11) is 1.62. The minimum absolute atomic E-state index is 0.170. The zero-order chi connectivity index (χ0) is 24.9. The molecule has 0 fully saturated rings. The Labute approximate surface area is 212 Å². The fourth-order valence-electron chi connectivity index (χ4n) is 3.80. The summed E-state index contributed by atoms with van der Waals surface area (Å²) in [4.78, 5) is 0. The number of para-hydroxylation sites is 2. The fraction of sp³-hybridized carbons (Fsp3) is 0.160. The van der Waals surface area contributed by atoms with Gasteiger partial charge in [0.2, 0.25) is 5.62 Å². The standard InChI is InChI=1S/C25H26Cl2N6O2/c1-35-19-9-7-17(8-10-19)30-13-18(31-29)14-32-22-4-2-3-5-23(22)33(25(32)28)15-24(34)16-6-11-20(26)21(27)12-16/h2-13,24,28,30-31,34H,14-15,29H2,1H3/b18-13-,28-25?. The molecule has 0 bridgehead atoms. The van der Waals surface area contributed by atoms with Gasteiger partial charge in [-0.25, -0.2) is 0 Å². The van der Waals surface area contributed by atoms with Gasteiger partial charge in [0.25, 0.3) is 0 Å². The van der Waals surface area contributed by atoms with Crippen molar-refractivity contribution in [3.63, 3.8) is 0 Å². The number of imidazole rings is 1. The Morgan fingerprint density at radius 2 is 1.74 bits per heavy atom. The predicted molar refractivity (Wildman–Crippen MR) is 139 cm³/mol. The summed E-state index contributed by atoms with van der Waals surface area (Å²) >= 11 is 12.1. The van der Waals surface area contributed by atoms with E-state index in [1.807, 2.05) is 53.1 Å². The minimum Gasteiger partial charge on any atom is -0.497 e. The molecule has 182 valence electrons. The second kappa shape index (κ2) is 10.9. The number of hydrazine groups is 1. The molecule has 4 aromatic rings. The highest BCUT2D eigenvalue weighted by Gasteiger charge is 2.16. The summed E-state index contributed by atoms with van der Waals surface area (Å²) in [6.07, 6.45) is 0.878. The number of methoxy groups -OCH3 is 1. The lowest BCUT2D eigenvalue weighted by Gasteiger charge is -2.14. The molecule has 8 nitrogen and oxygen atoms in total. The van der Waals surface area contributed by atoms with E-state index in [0.29, 0.717) is 27.9 Å². The van der Waals surface area contributed by atoms with Crippen LogP contribution in [-0.2, 0) is 13.1 Å². The van der Waals surface area contributed by atoms with Crippen molar-refractivity contribution >= 4 is 39.9 Å². The van der Waals surface area contributed by atoms with E-state index in [9.17, 15) is 5.11 Å². The molecule has 0 amide bonds. The highest BCUT2D eigenvalue weighted by molar-refractivity contribution is 6.42. The van der Waals surface area contributed by atoms with E-state index < -0.39 is 6.10 Å². The number of hydrogen-bond donors (Lipinski definition) is 5. The number of ether oxygens (including phenoxy) is 1. The van der Waals surface area contributed by atoms with E-state index in [2.05, 4.69) is 10.7 Å². The van der Waals surface area contributed by atoms with Gasteiger partial charge in [0, 0.05) is 11.9 Å². The molecule has 0 aliphatic heterocycles. The van der Waals surface area contributed by atoms with Crippen LogP contribution >= 0.6 is 23.2 Å². The van der Waals surface area contributed by atoms with Gasteiger partial charge in [-0.15, -0.1) is 0 Å². The van der Waals surface area contributed by atoms with E-state index >= 15 is 0 Å². The third-order valence-electron chi connectivity index (χ3n) is 5.68. The van der Waals surface area contributed by atoms with Gasteiger partial charge in [0.1, 0.15) is 5.75 Å². The maximum absolute atomic E-state index is 10.9. The Morgan fingerprint density at radius 1 is 1.06 bits per heavy atom. The van der Waals surface area contributed by atoms with Crippen LogP contribution in [-0.4, -0.2) is 21.4 Å². The monoisotopic (exact) mass is 512 g/mol. The van der Waals surface area contributed by atoms with Crippen LogP contribution in [0.5, 0.6) is 5.75 Å². The van der Waals surface area contributed by atoms with E-state index in [1.165, 1.54) is 0 Å². The topological polar surface area (TPSA) is 113 Å². The quantitative estimate of drug-likeness (QED) is 0.168. The lowest BCUT2D eigenvalue weighted by molar-refractivity contribution is 0.155. The molecule has 1 unspecified atom stereocenters. The summed E-state index contributed by atoms with van der Waals surface area (Å²) in [6, 6.07) is 20.2. The van der Waals surface area contributed by atoms with Crippen molar-refractivity contribution in [2.24, 2.45) is 5.84 Å². The molecule has 4 rings (SSSR count). The first kappa shape index (κ1) is 24.7. The molecule has 1 atom stereocenters. The molecule has 3 aromatic carbocycles. The fourth-order valence-corrected chi connectivity index (χ4v) is 4.10. The number of fused-ring (bicyclic) bond motifs is 1. The second-order valence-electron chi connectivity index (χ2n) is 7.89. The van der Waals surface area contributed by atoms with Crippen molar-refractivity contribution in [2.75, 3.05) is 12.4 Å². The number of benzene rings is 3. The van der Waals surface area contributed by atoms with Crippen LogP contribution < -0.4 is 26.9 Å². The molecule has 0 aliphatic carbocycles. The summed E-state index contributed by atoms with van der Waals surface area (Å²) in [6.45, 7) is 0.485. The van der Waals surface area contributed by atoms with Gasteiger partial charge < -0.3 is 29.7 Å². The van der Waals surface area contributed by atoms with Gasteiger partial charge in [-0.05, 0) is 54.1 Å². The first-order valence-corrected chi connectivity index (χ1v) is 11.6. The molecule has 1 heterocycles. The van der Waals surface area contributed by atoms with E-state index in [1.54, 1.807) is 36.1 Å². The molecule has 0 aliphatic rings. The summed E-state index contributed by atoms with van der Waals surface area (Å²) in [5.74, 6) is 6.56. The van der Waals surface area contributed by atoms with Gasteiger partial charge in [-0.2, -0.15) is 0 Å². The van der Waals surface area contributed by atoms with Crippen molar-refractivity contribution in [1.82, 2.24) is 14.6 Å². The number of aliphatic hydroxyl groups excluding tert-OH is 1. The van der Waals surface area contributed by atoms with Crippen molar-refractivity contribution < 1.29 is 9.84 Å². The zero-order valence-corrected chi connectivity index (χ0v) is 20.5. The van der Waals surface area contributed by atoms with Gasteiger partial charge in [0.15, 0.2) is 0 Å². The van der Waals surface area contributed by atoms with E-state index in [4.69, 9.17) is 39.2 Å². The number of hydrogen-bond acceptors (Lipinski definition) is 6. The molecule has 0 spiro atoms. The number of nitrogens with zero attached hydrogens (tertiary/aromatic N) is 2. The van der Waals surface area contributed by atoms with Crippen LogP contribution in [0.25, 0.3) is 11.0 Å². The Balaban J connectivity index is 1.62. The van der Waals surface area contributed by atoms with Crippen LogP contribution in [0.15, 0.2) is 78.6 Å². The van der Waals surface area contributed by atoms with E-state index in [0.717, 1.165) is 22.5 Å². The Hall–Kier alpha value is -3.43. The molecule has 1 aromatic heterocycles. The Kier molecular flexibility index (Phi) is 7.67. The number of anilines is 1. The SMILES string of the molecule is COc1ccc(N/C=C(/Cn2c(=N)n(CC(O)c3ccc(Cl)c(Cl)c3)c3ccccc32)NN)cc1. The number of aromatic nitrogens is 2. The molecule has 0 saturated carbocycles. The molecule has 0 saturated heterocycles.